The van der Waals surface area contributed by atoms with Crippen LogP contribution in [0.15, 0.2) is 70.2 Å². The Morgan fingerprint density at radius 3 is 2.62 bits per heavy atom. The Hall–Kier alpha value is -3.28. The van der Waals surface area contributed by atoms with Crippen molar-refractivity contribution < 1.29 is 9.26 Å². The Balaban J connectivity index is 1.30. The van der Waals surface area contributed by atoms with Crippen LogP contribution >= 0.6 is 0 Å². The van der Waals surface area contributed by atoms with Gasteiger partial charge in [0.25, 0.3) is 0 Å². The number of benzene rings is 2. The predicted octanol–water partition coefficient (Wildman–Crippen LogP) is 4.00. The van der Waals surface area contributed by atoms with Gasteiger partial charge in [-0.15, -0.1) is 0 Å². The molecule has 0 spiro atoms. The molecule has 1 fully saturated rings. The summed E-state index contributed by atoms with van der Waals surface area (Å²) in [4.78, 5) is 4.29. The van der Waals surface area contributed by atoms with Crippen LogP contribution in [0, 0.1) is 5.92 Å². The molecule has 3 aromatic rings. The normalized spacial score (nSPS) is 13.9. The minimum atomic E-state index is 0.524. The molecule has 6 heteroatoms. The number of hydrogen-bond donors (Lipinski definition) is 2. The number of hydrogen-bond acceptors (Lipinski definition) is 4. The highest BCUT2D eigenvalue weighted by atomic mass is 16.5. The zero-order valence-corrected chi connectivity index (χ0v) is 16.6. The molecule has 0 amide bonds. The van der Waals surface area contributed by atoms with E-state index in [0.29, 0.717) is 19.0 Å². The van der Waals surface area contributed by atoms with E-state index in [1.807, 2.05) is 54.6 Å². The van der Waals surface area contributed by atoms with E-state index in [-0.39, 0.29) is 0 Å². The van der Waals surface area contributed by atoms with Gasteiger partial charge in [0.05, 0.1) is 13.2 Å². The predicted molar refractivity (Wildman–Crippen MR) is 114 cm³/mol. The van der Waals surface area contributed by atoms with E-state index < -0.39 is 0 Å². The summed E-state index contributed by atoms with van der Waals surface area (Å²) in [5.41, 5.74) is 2.94. The average molecular weight is 390 g/mol. The molecule has 0 aliphatic heterocycles. The third-order valence-electron chi connectivity index (χ3n) is 4.87. The fourth-order valence-electron chi connectivity index (χ4n) is 2.99. The number of nitrogens with one attached hydrogen (secondary N) is 2. The lowest BCUT2D eigenvalue weighted by Crippen LogP contribution is -2.36. The molecular formula is C23H26N4O2. The molecule has 6 nitrogen and oxygen atoms in total. The van der Waals surface area contributed by atoms with Gasteiger partial charge in [-0.25, -0.2) is 0 Å². The summed E-state index contributed by atoms with van der Waals surface area (Å²) in [6.45, 7) is 1.96. The highest BCUT2D eigenvalue weighted by Crippen LogP contribution is 2.30. The molecule has 1 heterocycles. The molecule has 29 heavy (non-hydrogen) atoms. The maximum absolute atomic E-state index is 5.98. The number of ether oxygens (including phenoxy) is 1. The Morgan fingerprint density at radius 1 is 1.07 bits per heavy atom. The summed E-state index contributed by atoms with van der Waals surface area (Å²) in [5.74, 6) is 3.12. The summed E-state index contributed by atoms with van der Waals surface area (Å²) >= 11 is 0. The quantitative estimate of drug-likeness (QED) is 0.449. The van der Waals surface area contributed by atoms with Crippen LogP contribution in [0.3, 0.4) is 0 Å². The zero-order chi connectivity index (χ0) is 19.9. The van der Waals surface area contributed by atoms with Crippen LogP contribution in [0.25, 0.3) is 11.3 Å². The number of aliphatic imine (C=N–C) groups is 1. The van der Waals surface area contributed by atoms with E-state index >= 15 is 0 Å². The second kappa shape index (κ2) is 9.28. The zero-order valence-electron chi connectivity index (χ0n) is 16.6. The first-order valence-corrected chi connectivity index (χ1v) is 9.98. The van der Waals surface area contributed by atoms with Crippen molar-refractivity contribution in [3.05, 3.63) is 71.9 Å². The Labute approximate surface area is 171 Å². The van der Waals surface area contributed by atoms with Crippen molar-refractivity contribution in [3.63, 3.8) is 0 Å². The van der Waals surface area contributed by atoms with Crippen molar-refractivity contribution in [2.24, 2.45) is 10.9 Å². The number of aromatic nitrogens is 1. The molecule has 0 bridgehead atoms. The number of para-hydroxylation sites is 1. The third kappa shape index (κ3) is 5.38. The highest BCUT2D eigenvalue weighted by Gasteiger charge is 2.22. The first-order chi connectivity index (χ1) is 14.3. The van der Waals surface area contributed by atoms with Gasteiger partial charge in [0, 0.05) is 30.8 Å². The van der Waals surface area contributed by atoms with Crippen LogP contribution < -0.4 is 15.4 Å². The maximum Gasteiger partial charge on any atom is 0.191 e. The van der Waals surface area contributed by atoms with Gasteiger partial charge >= 0.3 is 0 Å². The summed E-state index contributed by atoms with van der Waals surface area (Å²) in [6, 6.07) is 20.0. The van der Waals surface area contributed by atoms with Crippen molar-refractivity contribution in [1.82, 2.24) is 15.8 Å². The lowest BCUT2D eigenvalue weighted by atomic mass is 10.2. The first kappa shape index (κ1) is 19.1. The second-order valence-electron chi connectivity index (χ2n) is 7.19. The molecule has 0 saturated heterocycles. The molecule has 2 aromatic carbocycles. The van der Waals surface area contributed by atoms with Gasteiger partial charge in [-0.1, -0.05) is 53.7 Å². The lowest BCUT2D eigenvalue weighted by Gasteiger charge is -2.14. The molecule has 1 aliphatic carbocycles. The van der Waals surface area contributed by atoms with Crippen molar-refractivity contribution in [3.8, 4) is 17.1 Å². The molecule has 4 rings (SSSR count). The molecule has 150 valence electrons. The van der Waals surface area contributed by atoms with Gasteiger partial charge in [0.2, 0.25) is 0 Å². The minimum absolute atomic E-state index is 0.524. The van der Waals surface area contributed by atoms with Gasteiger partial charge in [0.15, 0.2) is 11.7 Å². The molecule has 1 aromatic heterocycles. The Morgan fingerprint density at radius 2 is 1.83 bits per heavy atom. The highest BCUT2D eigenvalue weighted by molar-refractivity contribution is 5.79. The molecular weight excluding hydrogens is 364 g/mol. The summed E-state index contributed by atoms with van der Waals surface area (Å²) in [6.07, 6.45) is 2.57. The van der Waals surface area contributed by atoms with Crippen LogP contribution in [0.1, 0.15) is 24.1 Å². The topological polar surface area (TPSA) is 71.7 Å². The van der Waals surface area contributed by atoms with Gasteiger partial charge in [-0.3, -0.25) is 4.99 Å². The van der Waals surface area contributed by atoms with Crippen LogP contribution in [0.4, 0.5) is 0 Å². The van der Waals surface area contributed by atoms with E-state index in [1.165, 1.54) is 12.8 Å². The lowest BCUT2D eigenvalue weighted by molar-refractivity contribution is 0.296. The fraction of sp³-hybridized carbons (Fsp3) is 0.304. The number of nitrogens with zero attached hydrogens (tertiary/aromatic N) is 2. The van der Waals surface area contributed by atoms with Gasteiger partial charge in [-0.05, 0) is 24.8 Å². The summed E-state index contributed by atoms with van der Waals surface area (Å²) < 4.78 is 11.4. The molecule has 2 N–H and O–H groups in total. The van der Waals surface area contributed by atoms with Crippen LogP contribution in [-0.4, -0.2) is 24.8 Å². The van der Waals surface area contributed by atoms with E-state index in [1.54, 1.807) is 7.05 Å². The average Bonchev–Trinajstić information content (AvgIpc) is 3.49. The van der Waals surface area contributed by atoms with E-state index in [0.717, 1.165) is 40.9 Å². The van der Waals surface area contributed by atoms with Gasteiger partial charge in [0.1, 0.15) is 11.4 Å². The minimum Gasteiger partial charge on any atom is -0.493 e. The van der Waals surface area contributed by atoms with E-state index in [9.17, 15) is 0 Å². The SMILES string of the molecule is CN=C(NCc1cc(-c2ccccc2)on1)NCc1ccccc1OCC1CC1. The Bertz CT molecular complexity index is 948. The monoisotopic (exact) mass is 390 g/mol. The standard InChI is InChI=1S/C23H26N4O2/c1-24-23(25-14-19-9-5-6-10-21(19)28-16-17-11-12-17)26-15-20-13-22(29-27-20)18-7-3-2-4-8-18/h2-10,13,17H,11-12,14-16H2,1H3,(H2,24,25,26). The largest absolute Gasteiger partial charge is 0.493 e. The van der Waals surface area contributed by atoms with Crippen molar-refractivity contribution in [1.29, 1.82) is 0 Å². The second-order valence-corrected chi connectivity index (χ2v) is 7.19. The molecule has 1 aliphatic rings. The molecule has 0 radical (unpaired) electrons. The van der Waals surface area contributed by atoms with Crippen molar-refractivity contribution in [2.75, 3.05) is 13.7 Å². The van der Waals surface area contributed by atoms with Gasteiger partial charge in [-0.2, -0.15) is 0 Å². The van der Waals surface area contributed by atoms with Crippen molar-refractivity contribution >= 4 is 5.96 Å². The van der Waals surface area contributed by atoms with Crippen LogP contribution in [0.5, 0.6) is 5.75 Å². The van der Waals surface area contributed by atoms with E-state index in [2.05, 4.69) is 26.8 Å². The summed E-state index contributed by atoms with van der Waals surface area (Å²) in [7, 11) is 1.75. The third-order valence-corrected chi connectivity index (χ3v) is 4.87. The van der Waals surface area contributed by atoms with E-state index in [4.69, 9.17) is 9.26 Å². The maximum atomic E-state index is 5.98. The van der Waals surface area contributed by atoms with Crippen LogP contribution in [0.2, 0.25) is 0 Å². The molecule has 1 saturated carbocycles. The van der Waals surface area contributed by atoms with Crippen molar-refractivity contribution in [2.45, 2.75) is 25.9 Å². The Kier molecular flexibility index (Phi) is 6.10. The molecule has 0 atom stereocenters. The number of rotatable bonds is 8. The number of guanidine groups is 1. The fourth-order valence-corrected chi connectivity index (χ4v) is 2.99. The van der Waals surface area contributed by atoms with Gasteiger partial charge < -0.3 is 19.9 Å². The molecule has 0 unspecified atom stereocenters. The van der Waals surface area contributed by atoms with Crippen LogP contribution in [-0.2, 0) is 13.1 Å². The smallest absolute Gasteiger partial charge is 0.191 e. The first-order valence-electron chi connectivity index (χ1n) is 9.98. The summed E-state index contributed by atoms with van der Waals surface area (Å²) in [5, 5.41) is 10.8.